The summed E-state index contributed by atoms with van der Waals surface area (Å²) >= 11 is 5.82. The minimum atomic E-state index is -1.28. The van der Waals surface area contributed by atoms with Gasteiger partial charge in [0.2, 0.25) is 0 Å². The van der Waals surface area contributed by atoms with Crippen molar-refractivity contribution in [3.05, 3.63) is 34.3 Å². The molecule has 0 saturated heterocycles. The average Bonchev–Trinajstić information content (AvgIpc) is 2.32. The second-order valence-corrected chi connectivity index (χ2v) is 4.75. The third-order valence-electron chi connectivity index (χ3n) is 2.55. The number of benzene rings is 1. The van der Waals surface area contributed by atoms with Crippen molar-refractivity contribution in [2.75, 3.05) is 0 Å². The van der Waals surface area contributed by atoms with Crippen molar-refractivity contribution >= 4 is 29.4 Å². The van der Waals surface area contributed by atoms with Crippen LogP contribution < -0.4 is 5.32 Å². The van der Waals surface area contributed by atoms with Gasteiger partial charge in [0.25, 0.3) is 5.91 Å². The lowest BCUT2D eigenvalue weighted by atomic mass is 10.1. The summed E-state index contributed by atoms with van der Waals surface area (Å²) in [4.78, 5) is 33.4. The van der Waals surface area contributed by atoms with Crippen molar-refractivity contribution < 1.29 is 24.6 Å². The average molecular weight is 300 g/mol. The third-order valence-corrected chi connectivity index (χ3v) is 2.77. The van der Waals surface area contributed by atoms with E-state index in [0.29, 0.717) is 5.02 Å². The highest BCUT2D eigenvalue weighted by atomic mass is 35.5. The van der Waals surface area contributed by atoms with Gasteiger partial charge in [0, 0.05) is 17.0 Å². The quantitative estimate of drug-likeness (QED) is 0.741. The fraction of sp³-hybridized carbons (Fsp3) is 0.308. The number of hydrogen-bond donors (Lipinski definition) is 3. The molecule has 0 aliphatic heterocycles. The lowest BCUT2D eigenvalue weighted by Crippen LogP contribution is -2.41. The van der Waals surface area contributed by atoms with Crippen LogP contribution in [-0.4, -0.2) is 34.1 Å². The summed E-state index contributed by atoms with van der Waals surface area (Å²) in [5.41, 5.74) is 0.997. The number of carbonyl (C=O) groups excluding carboxylic acids is 1. The highest BCUT2D eigenvalue weighted by Gasteiger charge is 2.21. The van der Waals surface area contributed by atoms with Gasteiger partial charge in [-0.15, -0.1) is 0 Å². The minimum Gasteiger partial charge on any atom is -0.481 e. The fourth-order valence-corrected chi connectivity index (χ4v) is 1.92. The number of aliphatic carboxylic acids is 2. The molecule has 7 heteroatoms. The molecule has 1 aromatic rings. The van der Waals surface area contributed by atoms with Crippen LogP contribution in [0.3, 0.4) is 0 Å². The summed E-state index contributed by atoms with van der Waals surface area (Å²) in [6.45, 7) is 1.75. The topological polar surface area (TPSA) is 104 Å². The predicted octanol–water partition coefficient (Wildman–Crippen LogP) is 1.70. The van der Waals surface area contributed by atoms with Crippen molar-refractivity contribution in [1.82, 2.24) is 5.32 Å². The first-order valence-electron chi connectivity index (χ1n) is 5.82. The maximum absolute atomic E-state index is 11.9. The van der Waals surface area contributed by atoms with Crippen molar-refractivity contribution in [3.8, 4) is 0 Å². The van der Waals surface area contributed by atoms with E-state index in [1.165, 1.54) is 6.07 Å². The van der Waals surface area contributed by atoms with Crippen molar-refractivity contribution in [1.29, 1.82) is 0 Å². The molecule has 0 aliphatic carbocycles. The lowest BCUT2D eigenvalue weighted by molar-refractivity contribution is -0.140. The van der Waals surface area contributed by atoms with Crippen molar-refractivity contribution in [2.45, 2.75) is 25.8 Å². The molecule has 0 heterocycles. The Morgan fingerprint density at radius 3 is 2.40 bits per heavy atom. The van der Waals surface area contributed by atoms with E-state index in [1.54, 1.807) is 19.1 Å². The summed E-state index contributed by atoms with van der Waals surface area (Å²) in [5.74, 6) is -3.00. The van der Waals surface area contributed by atoms with Gasteiger partial charge in [-0.3, -0.25) is 9.59 Å². The van der Waals surface area contributed by atoms with E-state index in [-0.39, 0.29) is 18.4 Å². The molecule has 108 valence electrons. The van der Waals surface area contributed by atoms with Crippen LogP contribution in [0, 0.1) is 6.92 Å². The third kappa shape index (κ3) is 4.89. The molecule has 1 amide bonds. The zero-order chi connectivity index (χ0) is 15.3. The van der Waals surface area contributed by atoms with Gasteiger partial charge in [-0.1, -0.05) is 11.6 Å². The molecule has 3 N–H and O–H groups in total. The van der Waals surface area contributed by atoms with Gasteiger partial charge >= 0.3 is 11.9 Å². The Hall–Kier alpha value is -2.08. The molecule has 1 rings (SSSR count). The first kappa shape index (κ1) is 16.0. The highest BCUT2D eigenvalue weighted by Crippen LogP contribution is 2.14. The molecule has 1 unspecified atom stereocenters. The molecule has 20 heavy (non-hydrogen) atoms. The van der Waals surface area contributed by atoms with Crippen LogP contribution in [-0.2, 0) is 9.59 Å². The molecular weight excluding hydrogens is 286 g/mol. The molecule has 0 fully saturated rings. The lowest BCUT2D eigenvalue weighted by Gasteiger charge is -2.14. The Kier molecular flexibility index (Phi) is 5.52. The molecule has 6 nitrogen and oxygen atoms in total. The first-order chi connectivity index (χ1) is 9.29. The van der Waals surface area contributed by atoms with Gasteiger partial charge in [0.15, 0.2) is 0 Å². The minimum absolute atomic E-state index is 0.185. The molecule has 1 atom stereocenters. The van der Waals surface area contributed by atoms with Gasteiger partial charge in [-0.25, -0.2) is 4.79 Å². The maximum Gasteiger partial charge on any atom is 0.326 e. The van der Waals surface area contributed by atoms with Gasteiger partial charge < -0.3 is 15.5 Å². The van der Waals surface area contributed by atoms with E-state index < -0.39 is 23.9 Å². The Bertz CT molecular complexity index is 523. The Balaban J connectivity index is 2.79. The van der Waals surface area contributed by atoms with E-state index in [0.717, 1.165) is 5.56 Å². The second kappa shape index (κ2) is 6.91. The molecule has 0 aliphatic rings. The number of hydrogen-bond acceptors (Lipinski definition) is 3. The number of rotatable bonds is 6. The number of carboxylic acid groups (broad SMARTS) is 2. The zero-order valence-electron chi connectivity index (χ0n) is 10.7. The molecule has 0 aromatic heterocycles. The van der Waals surface area contributed by atoms with Gasteiger partial charge in [0.1, 0.15) is 6.04 Å². The van der Waals surface area contributed by atoms with Crippen LogP contribution in [0.2, 0.25) is 5.02 Å². The summed E-state index contributed by atoms with van der Waals surface area (Å²) in [7, 11) is 0. The Labute approximate surface area is 120 Å². The summed E-state index contributed by atoms with van der Waals surface area (Å²) < 4.78 is 0. The van der Waals surface area contributed by atoms with Crippen LogP contribution >= 0.6 is 11.6 Å². The van der Waals surface area contributed by atoms with E-state index in [1.807, 2.05) is 0 Å². The predicted molar refractivity (Wildman–Crippen MR) is 71.9 cm³/mol. The molecule has 0 bridgehead atoms. The van der Waals surface area contributed by atoms with Crippen molar-refractivity contribution in [2.24, 2.45) is 0 Å². The normalized spacial score (nSPS) is 11.7. The number of amides is 1. The summed E-state index contributed by atoms with van der Waals surface area (Å²) in [6, 6.07) is 3.40. The second-order valence-electron chi connectivity index (χ2n) is 4.31. The van der Waals surface area contributed by atoms with E-state index in [4.69, 9.17) is 21.8 Å². The van der Waals surface area contributed by atoms with Gasteiger partial charge in [-0.2, -0.15) is 0 Å². The van der Waals surface area contributed by atoms with Gasteiger partial charge in [-0.05, 0) is 37.1 Å². The number of aryl methyl sites for hydroxylation is 1. The van der Waals surface area contributed by atoms with Crippen molar-refractivity contribution in [3.63, 3.8) is 0 Å². The molecule has 0 radical (unpaired) electrons. The van der Waals surface area contributed by atoms with Crippen LogP contribution in [0.1, 0.15) is 28.8 Å². The van der Waals surface area contributed by atoms with E-state index in [2.05, 4.69) is 5.32 Å². The largest absolute Gasteiger partial charge is 0.481 e. The van der Waals surface area contributed by atoms with E-state index in [9.17, 15) is 14.4 Å². The molecular formula is C13H14ClNO5. The summed E-state index contributed by atoms with van der Waals surface area (Å²) in [6.07, 6.45) is -0.526. The molecule has 0 saturated carbocycles. The monoisotopic (exact) mass is 299 g/mol. The van der Waals surface area contributed by atoms with Gasteiger partial charge in [0.05, 0.1) is 0 Å². The number of carboxylic acids is 2. The highest BCUT2D eigenvalue weighted by molar-refractivity contribution is 6.31. The molecule has 0 spiro atoms. The van der Waals surface area contributed by atoms with E-state index >= 15 is 0 Å². The van der Waals surface area contributed by atoms with Crippen LogP contribution in [0.5, 0.6) is 0 Å². The Morgan fingerprint density at radius 1 is 1.25 bits per heavy atom. The fourth-order valence-electron chi connectivity index (χ4n) is 1.63. The smallest absolute Gasteiger partial charge is 0.326 e. The number of nitrogens with one attached hydrogen (secondary N) is 1. The standard InChI is InChI=1S/C13H14ClNO5/c1-7-4-8(6-9(14)5-7)12(18)15-10(13(19)20)2-3-11(16)17/h4-6,10H,2-3H2,1H3,(H,15,18)(H,16,17)(H,19,20). The van der Waals surface area contributed by atoms with Crippen LogP contribution in [0.25, 0.3) is 0 Å². The maximum atomic E-state index is 11.9. The molecule has 1 aromatic carbocycles. The number of carbonyl (C=O) groups is 3. The van der Waals surface area contributed by atoms with Crippen LogP contribution in [0.4, 0.5) is 0 Å². The zero-order valence-corrected chi connectivity index (χ0v) is 11.5. The Morgan fingerprint density at radius 2 is 1.90 bits per heavy atom. The van der Waals surface area contributed by atoms with Crippen LogP contribution in [0.15, 0.2) is 18.2 Å². The SMILES string of the molecule is Cc1cc(Cl)cc(C(=O)NC(CCC(=O)O)C(=O)O)c1. The first-order valence-corrected chi connectivity index (χ1v) is 6.20. The summed E-state index contributed by atoms with van der Waals surface area (Å²) in [5, 5.41) is 20.2. The number of halogens is 1.